The molecule has 0 aliphatic heterocycles. The first-order valence-corrected chi connectivity index (χ1v) is 16.6. The van der Waals surface area contributed by atoms with E-state index in [9.17, 15) is 0 Å². The molecule has 0 saturated carbocycles. The predicted octanol–water partition coefficient (Wildman–Crippen LogP) is 12.5. The lowest BCUT2D eigenvalue weighted by molar-refractivity contribution is 0.670. The molecule has 0 unspecified atom stereocenters. The minimum absolute atomic E-state index is 0.875. The average molecular weight is 625 g/mol. The van der Waals surface area contributed by atoms with Crippen molar-refractivity contribution in [1.29, 1.82) is 0 Å². The molecule has 10 rings (SSSR count). The smallest absolute Gasteiger partial charge is 0.143 e. The van der Waals surface area contributed by atoms with E-state index in [1.54, 1.807) is 0 Å². The van der Waals surface area contributed by atoms with Gasteiger partial charge in [-0.1, -0.05) is 152 Å². The lowest BCUT2D eigenvalue weighted by Crippen LogP contribution is -1.95. The van der Waals surface area contributed by atoms with Gasteiger partial charge in [0.25, 0.3) is 0 Å². The summed E-state index contributed by atoms with van der Waals surface area (Å²) in [6, 6.07) is 59.6. The maximum atomic E-state index is 6.56. The molecule has 228 valence electrons. The van der Waals surface area contributed by atoms with Crippen LogP contribution in [-0.2, 0) is 0 Å². The first-order chi connectivity index (χ1) is 24.3. The SMILES string of the molecule is c1ccc(-c2nc3ccccc3nc2-c2ccc(-c3c4ccccc4c(-c4cccc5c4oc4ccccc45)c4ccccc34)cc2)cc1. The van der Waals surface area contributed by atoms with E-state index < -0.39 is 0 Å². The molecule has 0 spiro atoms. The monoisotopic (exact) mass is 624 g/mol. The molecule has 2 heterocycles. The van der Waals surface area contributed by atoms with Crippen molar-refractivity contribution in [3.63, 3.8) is 0 Å². The van der Waals surface area contributed by atoms with Crippen molar-refractivity contribution in [2.75, 3.05) is 0 Å². The Bertz CT molecular complexity index is 2810. The molecular weight excluding hydrogens is 597 g/mol. The maximum absolute atomic E-state index is 6.56. The summed E-state index contributed by atoms with van der Waals surface area (Å²) in [7, 11) is 0. The van der Waals surface area contributed by atoms with Gasteiger partial charge in [-0.15, -0.1) is 0 Å². The fraction of sp³-hybridized carbons (Fsp3) is 0. The summed E-state index contributed by atoms with van der Waals surface area (Å²) in [4.78, 5) is 10.2. The zero-order valence-electron chi connectivity index (χ0n) is 26.5. The molecule has 10 aromatic rings. The Hall–Kier alpha value is -6.58. The molecule has 0 N–H and O–H groups in total. The van der Waals surface area contributed by atoms with Gasteiger partial charge in [-0.05, 0) is 50.9 Å². The highest BCUT2D eigenvalue weighted by atomic mass is 16.3. The van der Waals surface area contributed by atoms with Crippen molar-refractivity contribution in [2.45, 2.75) is 0 Å². The lowest BCUT2D eigenvalue weighted by atomic mass is 9.85. The average Bonchev–Trinajstić information content (AvgIpc) is 3.56. The second-order valence-electron chi connectivity index (χ2n) is 12.5. The van der Waals surface area contributed by atoms with Gasteiger partial charge in [0.2, 0.25) is 0 Å². The third kappa shape index (κ3) is 4.37. The van der Waals surface area contributed by atoms with Gasteiger partial charge in [-0.3, -0.25) is 0 Å². The van der Waals surface area contributed by atoms with Gasteiger partial charge >= 0.3 is 0 Å². The van der Waals surface area contributed by atoms with Gasteiger partial charge in [0, 0.05) is 33.0 Å². The summed E-state index contributed by atoms with van der Waals surface area (Å²) in [5, 5.41) is 7.06. The highest BCUT2D eigenvalue weighted by Gasteiger charge is 2.20. The number of nitrogens with zero attached hydrogens (tertiary/aromatic N) is 2. The van der Waals surface area contributed by atoms with Crippen LogP contribution in [0.5, 0.6) is 0 Å². The van der Waals surface area contributed by atoms with Crippen molar-refractivity contribution in [2.24, 2.45) is 0 Å². The van der Waals surface area contributed by atoms with Crippen LogP contribution in [0.1, 0.15) is 0 Å². The largest absolute Gasteiger partial charge is 0.455 e. The Kier molecular flexibility index (Phi) is 6.18. The molecule has 8 aromatic carbocycles. The molecule has 0 atom stereocenters. The molecule has 0 fully saturated rings. The van der Waals surface area contributed by atoms with Crippen molar-refractivity contribution in [3.8, 4) is 44.8 Å². The van der Waals surface area contributed by atoms with Crippen molar-refractivity contribution < 1.29 is 4.42 Å². The standard InChI is InChI=1S/C46H28N2O/c1-2-13-30(14-3-1)44-45(48-40-23-10-9-22-39(40)47-44)31-27-25-29(26-28-31)42-33-16-4-6-18-35(33)43(36-19-7-5-17-34(36)42)38-21-12-20-37-32-15-8-11-24-41(32)49-46(37)38/h1-28H. The Morgan fingerprint density at radius 1 is 0.327 bits per heavy atom. The van der Waals surface area contributed by atoms with E-state index in [1.165, 1.54) is 32.7 Å². The van der Waals surface area contributed by atoms with Gasteiger partial charge in [0.15, 0.2) is 0 Å². The summed E-state index contributed by atoms with van der Waals surface area (Å²) in [5.41, 5.74) is 12.1. The minimum atomic E-state index is 0.875. The topological polar surface area (TPSA) is 38.9 Å². The summed E-state index contributed by atoms with van der Waals surface area (Å²) in [6.45, 7) is 0. The Balaban J connectivity index is 1.19. The van der Waals surface area contributed by atoms with Crippen molar-refractivity contribution in [1.82, 2.24) is 9.97 Å². The van der Waals surface area contributed by atoms with Crippen LogP contribution >= 0.6 is 0 Å². The first-order valence-electron chi connectivity index (χ1n) is 16.6. The van der Waals surface area contributed by atoms with E-state index in [-0.39, 0.29) is 0 Å². The number of para-hydroxylation sites is 4. The molecule has 2 aromatic heterocycles. The van der Waals surface area contributed by atoms with Crippen LogP contribution in [0.25, 0.3) is 99.3 Å². The fourth-order valence-corrected chi connectivity index (χ4v) is 7.47. The summed E-state index contributed by atoms with van der Waals surface area (Å²) in [6.07, 6.45) is 0. The summed E-state index contributed by atoms with van der Waals surface area (Å²) in [5.74, 6) is 0. The molecule has 0 aliphatic rings. The third-order valence-corrected chi connectivity index (χ3v) is 9.67. The zero-order chi connectivity index (χ0) is 32.3. The van der Waals surface area contributed by atoms with Crippen LogP contribution in [0, 0.1) is 0 Å². The van der Waals surface area contributed by atoms with Crippen LogP contribution in [0.4, 0.5) is 0 Å². The van der Waals surface area contributed by atoms with Crippen molar-refractivity contribution in [3.05, 3.63) is 170 Å². The van der Waals surface area contributed by atoms with Crippen LogP contribution < -0.4 is 0 Å². The molecule has 0 radical (unpaired) electrons. The molecular formula is C46H28N2O. The Morgan fingerprint density at radius 2 is 0.796 bits per heavy atom. The second-order valence-corrected chi connectivity index (χ2v) is 12.5. The van der Waals surface area contributed by atoms with Crippen LogP contribution in [0.3, 0.4) is 0 Å². The van der Waals surface area contributed by atoms with Gasteiger partial charge in [0.1, 0.15) is 11.2 Å². The predicted molar refractivity (Wildman–Crippen MR) is 204 cm³/mol. The molecule has 0 bridgehead atoms. The molecule has 3 nitrogen and oxygen atoms in total. The molecule has 0 amide bonds. The van der Waals surface area contributed by atoms with E-state index >= 15 is 0 Å². The summed E-state index contributed by atoms with van der Waals surface area (Å²) < 4.78 is 6.56. The van der Waals surface area contributed by atoms with Gasteiger partial charge < -0.3 is 4.42 Å². The third-order valence-electron chi connectivity index (χ3n) is 9.67. The second kappa shape index (κ2) is 11.0. The lowest BCUT2D eigenvalue weighted by Gasteiger charge is -2.18. The number of aromatic nitrogens is 2. The number of hydrogen-bond donors (Lipinski definition) is 0. The van der Waals surface area contributed by atoms with Gasteiger partial charge in [-0.2, -0.15) is 0 Å². The minimum Gasteiger partial charge on any atom is -0.455 e. The highest BCUT2D eigenvalue weighted by molar-refractivity contribution is 6.24. The van der Waals surface area contributed by atoms with Gasteiger partial charge in [-0.25, -0.2) is 9.97 Å². The highest BCUT2D eigenvalue weighted by Crippen LogP contribution is 2.46. The Labute approximate surface area is 282 Å². The van der Waals surface area contributed by atoms with Crippen LogP contribution in [0.2, 0.25) is 0 Å². The first kappa shape index (κ1) is 27.5. The number of fused-ring (bicyclic) bond motifs is 6. The maximum Gasteiger partial charge on any atom is 0.143 e. The quantitative estimate of drug-likeness (QED) is 0.183. The number of benzene rings is 8. The van der Waals surface area contributed by atoms with E-state index in [0.29, 0.717) is 0 Å². The van der Waals surface area contributed by atoms with E-state index in [2.05, 4.69) is 115 Å². The normalized spacial score (nSPS) is 11.7. The molecule has 3 heteroatoms. The number of rotatable bonds is 4. The fourth-order valence-electron chi connectivity index (χ4n) is 7.47. The number of furan rings is 1. The molecule has 0 saturated heterocycles. The molecule has 49 heavy (non-hydrogen) atoms. The summed E-state index contributed by atoms with van der Waals surface area (Å²) >= 11 is 0. The van der Waals surface area contributed by atoms with E-state index in [1.807, 2.05) is 54.6 Å². The van der Waals surface area contributed by atoms with Gasteiger partial charge in [0.05, 0.1) is 22.4 Å². The number of hydrogen-bond acceptors (Lipinski definition) is 3. The van der Waals surface area contributed by atoms with E-state index in [0.717, 1.165) is 66.6 Å². The Morgan fingerprint density at radius 3 is 1.43 bits per heavy atom. The molecule has 0 aliphatic carbocycles. The van der Waals surface area contributed by atoms with E-state index in [4.69, 9.17) is 14.4 Å². The van der Waals surface area contributed by atoms with Crippen molar-refractivity contribution >= 4 is 54.5 Å². The zero-order valence-corrected chi connectivity index (χ0v) is 26.5. The van der Waals surface area contributed by atoms with Crippen LogP contribution in [-0.4, -0.2) is 9.97 Å². The van der Waals surface area contributed by atoms with Crippen LogP contribution in [0.15, 0.2) is 174 Å².